The Bertz CT molecular complexity index is 674. The second-order valence-electron chi connectivity index (χ2n) is 6.91. The van der Waals surface area contributed by atoms with Gasteiger partial charge in [0.15, 0.2) is 0 Å². The molecule has 1 unspecified atom stereocenters. The number of ether oxygens (including phenoxy) is 2. The number of carbonyl (C=O) groups excluding carboxylic acids is 1. The van der Waals surface area contributed by atoms with Gasteiger partial charge in [-0.2, -0.15) is 0 Å². The van der Waals surface area contributed by atoms with Gasteiger partial charge in [-0.25, -0.2) is 0 Å². The number of carbonyl (C=O) groups is 1. The van der Waals surface area contributed by atoms with E-state index < -0.39 is 0 Å². The normalized spacial score (nSPS) is 24.2. The maximum Gasteiger partial charge on any atom is 0.230 e. The van der Waals surface area contributed by atoms with Crippen molar-refractivity contribution in [2.75, 3.05) is 47.0 Å². The Balaban J connectivity index is 1.65. The summed E-state index contributed by atoms with van der Waals surface area (Å²) in [5, 5.41) is 0. The molecule has 0 aliphatic carbocycles. The Morgan fingerprint density at radius 2 is 2.08 bits per heavy atom. The first kappa shape index (κ1) is 17.9. The summed E-state index contributed by atoms with van der Waals surface area (Å²) >= 11 is 0. The van der Waals surface area contributed by atoms with E-state index in [2.05, 4.69) is 4.90 Å². The largest absolute Gasteiger partial charge is 0.490 e. The molecule has 2 saturated heterocycles. The zero-order valence-electron chi connectivity index (χ0n) is 15.0. The Morgan fingerprint density at radius 3 is 2.80 bits per heavy atom. The van der Waals surface area contributed by atoms with Gasteiger partial charge in [0.1, 0.15) is 12.0 Å². The summed E-state index contributed by atoms with van der Waals surface area (Å²) in [6, 6.07) is 1.47. The van der Waals surface area contributed by atoms with Crippen LogP contribution in [0.3, 0.4) is 0 Å². The van der Waals surface area contributed by atoms with Crippen molar-refractivity contribution < 1.29 is 18.7 Å². The number of hydrogen-bond donors (Lipinski definition) is 0. The molecular formula is C18H26N2O5. The van der Waals surface area contributed by atoms with E-state index in [9.17, 15) is 9.59 Å². The van der Waals surface area contributed by atoms with Crippen molar-refractivity contribution in [1.29, 1.82) is 0 Å². The molecule has 2 aliphatic heterocycles. The monoisotopic (exact) mass is 350 g/mol. The third kappa shape index (κ3) is 3.72. The highest BCUT2D eigenvalue weighted by Gasteiger charge is 2.48. The van der Waals surface area contributed by atoms with Crippen LogP contribution >= 0.6 is 0 Å². The lowest BCUT2D eigenvalue weighted by Crippen LogP contribution is -2.50. The van der Waals surface area contributed by atoms with Crippen molar-refractivity contribution in [2.45, 2.75) is 25.8 Å². The molecule has 0 bridgehead atoms. The zero-order valence-corrected chi connectivity index (χ0v) is 15.0. The van der Waals surface area contributed by atoms with Crippen molar-refractivity contribution in [2.24, 2.45) is 5.41 Å². The van der Waals surface area contributed by atoms with Gasteiger partial charge in [0.05, 0.1) is 25.7 Å². The minimum atomic E-state index is -0.293. The van der Waals surface area contributed by atoms with E-state index in [1.165, 1.54) is 19.4 Å². The summed E-state index contributed by atoms with van der Waals surface area (Å²) in [5.41, 5.74) is -0.476. The van der Waals surface area contributed by atoms with Crippen molar-refractivity contribution in [3.05, 3.63) is 28.3 Å². The molecule has 1 aromatic heterocycles. The SMILES string of the molecule is COCCN1CCCC2(CCN(Cc3cc(=O)c(OC)co3)C2)C1=O. The number of likely N-dealkylation sites (tertiary alicyclic amines) is 2. The van der Waals surface area contributed by atoms with E-state index in [0.29, 0.717) is 32.0 Å². The van der Waals surface area contributed by atoms with Crippen LogP contribution < -0.4 is 10.2 Å². The molecule has 0 saturated carbocycles. The zero-order chi connectivity index (χ0) is 17.9. The number of amides is 1. The molecule has 25 heavy (non-hydrogen) atoms. The maximum absolute atomic E-state index is 12.9. The fraction of sp³-hybridized carbons (Fsp3) is 0.667. The molecular weight excluding hydrogens is 324 g/mol. The molecule has 138 valence electrons. The van der Waals surface area contributed by atoms with Crippen LogP contribution in [-0.2, 0) is 16.1 Å². The Morgan fingerprint density at radius 1 is 1.24 bits per heavy atom. The molecule has 7 nitrogen and oxygen atoms in total. The number of rotatable bonds is 6. The molecule has 3 rings (SSSR count). The van der Waals surface area contributed by atoms with Crippen molar-refractivity contribution in [3.8, 4) is 5.75 Å². The quantitative estimate of drug-likeness (QED) is 0.765. The topological polar surface area (TPSA) is 72.2 Å². The smallest absolute Gasteiger partial charge is 0.230 e. The average molecular weight is 350 g/mol. The van der Waals surface area contributed by atoms with E-state index in [4.69, 9.17) is 13.9 Å². The van der Waals surface area contributed by atoms with Gasteiger partial charge in [-0.1, -0.05) is 0 Å². The highest BCUT2D eigenvalue weighted by atomic mass is 16.5. The van der Waals surface area contributed by atoms with Crippen molar-refractivity contribution in [1.82, 2.24) is 9.80 Å². The van der Waals surface area contributed by atoms with Crippen LogP contribution in [0.15, 0.2) is 21.5 Å². The first-order chi connectivity index (χ1) is 12.1. The molecule has 1 spiro atoms. The molecule has 3 heterocycles. The molecule has 0 N–H and O–H groups in total. The van der Waals surface area contributed by atoms with Crippen LogP contribution in [0.2, 0.25) is 0 Å². The average Bonchev–Trinajstić information content (AvgIpc) is 3.00. The molecule has 1 atom stereocenters. The Hall–Kier alpha value is -1.86. The fourth-order valence-electron chi connectivity index (χ4n) is 3.93. The number of nitrogens with zero attached hydrogens (tertiary/aromatic N) is 2. The fourth-order valence-corrected chi connectivity index (χ4v) is 3.93. The Labute approximate surface area is 147 Å². The van der Waals surface area contributed by atoms with Crippen LogP contribution in [0.5, 0.6) is 5.75 Å². The standard InChI is InChI=1S/C18H26N2O5/c1-23-9-8-20-6-3-4-18(17(20)22)5-7-19(13-18)11-14-10-15(21)16(24-2)12-25-14/h10,12H,3-9,11,13H2,1-2H3. The lowest BCUT2D eigenvalue weighted by atomic mass is 9.78. The van der Waals surface area contributed by atoms with Gasteiger partial charge in [0.25, 0.3) is 0 Å². The molecule has 2 aliphatic rings. The summed E-state index contributed by atoms with van der Waals surface area (Å²) in [4.78, 5) is 28.9. The maximum atomic E-state index is 12.9. The van der Waals surface area contributed by atoms with Gasteiger partial charge in [-0.05, 0) is 25.8 Å². The second-order valence-corrected chi connectivity index (χ2v) is 6.91. The van der Waals surface area contributed by atoms with E-state index >= 15 is 0 Å². The van der Waals surface area contributed by atoms with Gasteiger partial charge in [-0.3, -0.25) is 14.5 Å². The van der Waals surface area contributed by atoms with E-state index in [-0.39, 0.29) is 22.5 Å². The van der Waals surface area contributed by atoms with Gasteiger partial charge in [0.2, 0.25) is 17.1 Å². The van der Waals surface area contributed by atoms with Gasteiger partial charge in [-0.15, -0.1) is 0 Å². The first-order valence-electron chi connectivity index (χ1n) is 8.74. The molecule has 2 fully saturated rings. The molecule has 0 radical (unpaired) electrons. The predicted molar refractivity (Wildman–Crippen MR) is 91.5 cm³/mol. The lowest BCUT2D eigenvalue weighted by molar-refractivity contribution is -0.146. The number of hydrogen-bond acceptors (Lipinski definition) is 6. The van der Waals surface area contributed by atoms with E-state index in [0.717, 1.165) is 32.4 Å². The minimum absolute atomic E-state index is 0.183. The highest BCUT2D eigenvalue weighted by Crippen LogP contribution is 2.40. The van der Waals surface area contributed by atoms with Gasteiger partial charge in [0, 0.05) is 32.8 Å². The van der Waals surface area contributed by atoms with Gasteiger partial charge < -0.3 is 18.8 Å². The molecule has 1 aromatic rings. The van der Waals surface area contributed by atoms with Crippen LogP contribution in [0.25, 0.3) is 0 Å². The molecule has 1 amide bonds. The lowest BCUT2D eigenvalue weighted by Gasteiger charge is -2.39. The predicted octanol–water partition coefficient (Wildman–Crippen LogP) is 1.11. The van der Waals surface area contributed by atoms with Crippen molar-refractivity contribution in [3.63, 3.8) is 0 Å². The van der Waals surface area contributed by atoms with Crippen LogP contribution in [0, 0.1) is 5.41 Å². The molecule has 0 aromatic carbocycles. The van der Waals surface area contributed by atoms with Gasteiger partial charge >= 0.3 is 0 Å². The second kappa shape index (κ2) is 7.58. The minimum Gasteiger partial charge on any atom is -0.490 e. The number of methoxy groups -OCH3 is 2. The third-order valence-electron chi connectivity index (χ3n) is 5.27. The summed E-state index contributed by atoms with van der Waals surface area (Å²) in [5.74, 6) is 1.05. The summed E-state index contributed by atoms with van der Waals surface area (Å²) in [6.45, 7) is 4.13. The first-order valence-corrected chi connectivity index (χ1v) is 8.74. The Kier molecular flexibility index (Phi) is 5.44. The summed E-state index contributed by atoms with van der Waals surface area (Å²) < 4.78 is 15.5. The van der Waals surface area contributed by atoms with Crippen LogP contribution in [0.4, 0.5) is 0 Å². The van der Waals surface area contributed by atoms with Crippen LogP contribution in [0.1, 0.15) is 25.0 Å². The summed E-state index contributed by atoms with van der Waals surface area (Å²) in [7, 11) is 3.10. The van der Waals surface area contributed by atoms with Crippen LogP contribution in [-0.4, -0.2) is 62.7 Å². The third-order valence-corrected chi connectivity index (χ3v) is 5.27. The highest BCUT2D eigenvalue weighted by molar-refractivity contribution is 5.84. The van der Waals surface area contributed by atoms with E-state index in [1.54, 1.807) is 7.11 Å². The van der Waals surface area contributed by atoms with Crippen molar-refractivity contribution >= 4 is 5.91 Å². The summed E-state index contributed by atoms with van der Waals surface area (Å²) in [6.07, 6.45) is 4.16. The van der Waals surface area contributed by atoms with E-state index in [1.807, 2.05) is 4.90 Å². The molecule has 7 heteroatoms. The number of piperidine rings is 1.